The second-order valence-electron chi connectivity index (χ2n) is 3.70. The lowest BCUT2D eigenvalue weighted by atomic mass is 10.1. The average Bonchev–Trinajstić information content (AvgIpc) is 2.74. The Morgan fingerprint density at radius 2 is 2.33 bits per heavy atom. The predicted octanol–water partition coefficient (Wildman–Crippen LogP) is 2.40. The summed E-state index contributed by atoms with van der Waals surface area (Å²) in [6, 6.07) is 5.06. The smallest absolute Gasteiger partial charge is 0.339 e. The van der Waals surface area contributed by atoms with Crippen molar-refractivity contribution in [2.24, 2.45) is 0 Å². The van der Waals surface area contributed by atoms with Gasteiger partial charge < -0.3 is 9.84 Å². The summed E-state index contributed by atoms with van der Waals surface area (Å²) in [7, 11) is 1.45. The zero-order valence-corrected chi connectivity index (χ0v) is 11.2. The van der Waals surface area contributed by atoms with Crippen LogP contribution in [-0.4, -0.2) is 28.0 Å². The standard InChI is InChI=1S/C12H11BrN2O3/c1-18-11-3-2-8(4-10(11)12(16)17)6-15-7-9(13)5-14-15/h2-5,7H,6H2,1H3,(H,16,17). The second-order valence-corrected chi connectivity index (χ2v) is 4.61. The van der Waals surface area contributed by atoms with Crippen molar-refractivity contribution in [3.63, 3.8) is 0 Å². The molecule has 2 rings (SSSR count). The van der Waals surface area contributed by atoms with Crippen LogP contribution in [0.2, 0.25) is 0 Å². The molecule has 0 saturated heterocycles. The fourth-order valence-electron chi connectivity index (χ4n) is 1.63. The Labute approximate surface area is 112 Å². The molecule has 0 amide bonds. The Bertz CT molecular complexity index is 580. The van der Waals surface area contributed by atoms with Gasteiger partial charge in [-0.25, -0.2) is 4.79 Å². The fourth-order valence-corrected chi connectivity index (χ4v) is 1.96. The van der Waals surface area contributed by atoms with E-state index in [9.17, 15) is 4.79 Å². The molecular weight excluding hydrogens is 300 g/mol. The molecule has 5 nitrogen and oxygen atoms in total. The van der Waals surface area contributed by atoms with Crippen LogP contribution >= 0.6 is 15.9 Å². The van der Waals surface area contributed by atoms with Gasteiger partial charge >= 0.3 is 5.97 Å². The van der Waals surface area contributed by atoms with Crippen molar-refractivity contribution >= 4 is 21.9 Å². The van der Waals surface area contributed by atoms with Crippen molar-refractivity contribution in [2.45, 2.75) is 6.54 Å². The lowest BCUT2D eigenvalue weighted by molar-refractivity contribution is 0.0693. The second kappa shape index (κ2) is 5.22. The number of hydrogen-bond donors (Lipinski definition) is 1. The number of nitrogens with zero attached hydrogens (tertiary/aromatic N) is 2. The van der Waals surface area contributed by atoms with Crippen LogP contribution in [0.25, 0.3) is 0 Å². The number of methoxy groups -OCH3 is 1. The number of hydrogen-bond acceptors (Lipinski definition) is 3. The molecule has 0 bridgehead atoms. The average molecular weight is 311 g/mol. The van der Waals surface area contributed by atoms with E-state index >= 15 is 0 Å². The molecule has 0 aliphatic rings. The highest BCUT2D eigenvalue weighted by Crippen LogP contribution is 2.20. The third kappa shape index (κ3) is 2.70. The van der Waals surface area contributed by atoms with E-state index in [2.05, 4.69) is 21.0 Å². The summed E-state index contributed by atoms with van der Waals surface area (Å²) < 4.78 is 7.61. The molecule has 0 aliphatic heterocycles. The maximum absolute atomic E-state index is 11.1. The van der Waals surface area contributed by atoms with Crippen LogP contribution in [0.3, 0.4) is 0 Å². The van der Waals surface area contributed by atoms with E-state index in [4.69, 9.17) is 9.84 Å². The van der Waals surface area contributed by atoms with Crippen molar-refractivity contribution < 1.29 is 14.6 Å². The Morgan fingerprint density at radius 3 is 2.89 bits per heavy atom. The minimum absolute atomic E-state index is 0.154. The van der Waals surface area contributed by atoms with Crippen molar-refractivity contribution in [1.82, 2.24) is 9.78 Å². The van der Waals surface area contributed by atoms with Gasteiger partial charge in [0.25, 0.3) is 0 Å². The van der Waals surface area contributed by atoms with Crippen molar-refractivity contribution in [3.05, 3.63) is 46.2 Å². The first-order chi connectivity index (χ1) is 8.60. The molecule has 18 heavy (non-hydrogen) atoms. The van der Waals surface area contributed by atoms with Gasteiger partial charge in [0.1, 0.15) is 11.3 Å². The summed E-state index contributed by atoms with van der Waals surface area (Å²) in [5, 5.41) is 13.2. The van der Waals surface area contributed by atoms with Gasteiger partial charge in [-0.1, -0.05) is 6.07 Å². The van der Waals surface area contributed by atoms with Crippen LogP contribution in [0.15, 0.2) is 35.1 Å². The van der Waals surface area contributed by atoms with E-state index in [1.807, 2.05) is 12.3 Å². The Balaban J connectivity index is 2.29. The topological polar surface area (TPSA) is 64.4 Å². The van der Waals surface area contributed by atoms with Gasteiger partial charge in [0.2, 0.25) is 0 Å². The van der Waals surface area contributed by atoms with E-state index in [1.54, 1.807) is 23.0 Å². The minimum atomic E-state index is -1.00. The highest BCUT2D eigenvalue weighted by atomic mass is 79.9. The lowest BCUT2D eigenvalue weighted by Gasteiger charge is -2.07. The van der Waals surface area contributed by atoms with Crippen molar-refractivity contribution in [2.75, 3.05) is 7.11 Å². The van der Waals surface area contributed by atoms with Crippen LogP contribution in [0.1, 0.15) is 15.9 Å². The minimum Gasteiger partial charge on any atom is -0.496 e. The molecule has 0 atom stereocenters. The van der Waals surface area contributed by atoms with Crippen LogP contribution in [0.4, 0.5) is 0 Å². The molecule has 0 unspecified atom stereocenters. The first-order valence-corrected chi connectivity index (χ1v) is 5.97. The van der Waals surface area contributed by atoms with Gasteiger partial charge in [-0.2, -0.15) is 5.10 Å². The zero-order valence-electron chi connectivity index (χ0n) is 9.63. The molecule has 94 valence electrons. The van der Waals surface area contributed by atoms with Crippen molar-refractivity contribution in [3.8, 4) is 5.75 Å². The molecular formula is C12H11BrN2O3. The van der Waals surface area contributed by atoms with Crippen LogP contribution in [0.5, 0.6) is 5.75 Å². The van der Waals surface area contributed by atoms with Gasteiger partial charge in [0.05, 0.1) is 24.3 Å². The molecule has 6 heteroatoms. The van der Waals surface area contributed by atoms with Gasteiger partial charge in [-0.3, -0.25) is 4.68 Å². The molecule has 2 aromatic rings. The maximum Gasteiger partial charge on any atom is 0.339 e. The number of carboxylic acids is 1. The quantitative estimate of drug-likeness (QED) is 0.942. The number of aromatic nitrogens is 2. The number of carbonyl (C=O) groups is 1. The summed E-state index contributed by atoms with van der Waals surface area (Å²) in [6.07, 6.45) is 3.51. The molecule has 1 aromatic carbocycles. The van der Waals surface area contributed by atoms with Gasteiger partial charge in [0, 0.05) is 6.20 Å². The van der Waals surface area contributed by atoms with E-state index < -0.39 is 5.97 Å². The summed E-state index contributed by atoms with van der Waals surface area (Å²) in [5.74, 6) is -0.650. The van der Waals surface area contributed by atoms with E-state index in [0.29, 0.717) is 12.3 Å². The number of benzene rings is 1. The van der Waals surface area contributed by atoms with Crippen LogP contribution < -0.4 is 4.74 Å². The van der Waals surface area contributed by atoms with E-state index in [0.717, 1.165) is 10.0 Å². The molecule has 1 N–H and O–H groups in total. The largest absolute Gasteiger partial charge is 0.496 e. The highest BCUT2D eigenvalue weighted by molar-refractivity contribution is 9.10. The number of rotatable bonds is 4. The van der Waals surface area contributed by atoms with Crippen molar-refractivity contribution in [1.29, 1.82) is 0 Å². The number of carboxylic acid groups (broad SMARTS) is 1. The highest BCUT2D eigenvalue weighted by Gasteiger charge is 2.11. The van der Waals surface area contributed by atoms with E-state index in [-0.39, 0.29) is 5.56 Å². The normalized spacial score (nSPS) is 10.3. The summed E-state index contributed by atoms with van der Waals surface area (Å²) in [6.45, 7) is 0.510. The van der Waals surface area contributed by atoms with E-state index in [1.165, 1.54) is 7.11 Å². The summed E-state index contributed by atoms with van der Waals surface area (Å²) >= 11 is 3.31. The molecule has 0 fully saturated rings. The van der Waals surface area contributed by atoms with Crippen LogP contribution in [-0.2, 0) is 6.54 Å². The molecule has 0 aliphatic carbocycles. The molecule has 0 saturated carbocycles. The Morgan fingerprint density at radius 1 is 1.56 bits per heavy atom. The summed E-state index contributed by atoms with van der Waals surface area (Å²) in [5.41, 5.74) is 1.00. The first-order valence-electron chi connectivity index (χ1n) is 5.18. The monoisotopic (exact) mass is 310 g/mol. The first kappa shape index (κ1) is 12.6. The third-order valence-corrected chi connectivity index (χ3v) is 2.85. The van der Waals surface area contributed by atoms with Gasteiger partial charge in [-0.15, -0.1) is 0 Å². The number of aromatic carboxylic acids is 1. The SMILES string of the molecule is COc1ccc(Cn2cc(Br)cn2)cc1C(=O)O. The van der Waals surface area contributed by atoms with Crippen LogP contribution in [0, 0.1) is 0 Å². The zero-order chi connectivity index (χ0) is 13.1. The lowest BCUT2D eigenvalue weighted by Crippen LogP contribution is -2.04. The summed E-state index contributed by atoms with van der Waals surface area (Å²) in [4.78, 5) is 11.1. The molecule has 1 aromatic heterocycles. The number of ether oxygens (including phenoxy) is 1. The molecule has 1 heterocycles. The number of halogens is 1. The molecule has 0 radical (unpaired) electrons. The predicted molar refractivity (Wildman–Crippen MR) is 69.0 cm³/mol. The molecule has 0 spiro atoms. The Kier molecular flexibility index (Phi) is 3.66. The third-order valence-electron chi connectivity index (χ3n) is 2.44. The Hall–Kier alpha value is -1.82. The fraction of sp³-hybridized carbons (Fsp3) is 0.167. The van der Waals surface area contributed by atoms with Gasteiger partial charge in [-0.05, 0) is 33.6 Å². The van der Waals surface area contributed by atoms with Gasteiger partial charge in [0.15, 0.2) is 0 Å². The maximum atomic E-state index is 11.1.